The first-order valence-corrected chi connectivity index (χ1v) is 13.9. The lowest BCUT2D eigenvalue weighted by Gasteiger charge is -2.35. The molecule has 180 valence electrons. The average Bonchev–Trinajstić information content (AvgIpc) is 3.09. The third-order valence-electron chi connectivity index (χ3n) is 5.60. The van der Waals surface area contributed by atoms with Crippen molar-refractivity contribution in [3.8, 4) is 5.75 Å². The Bertz CT molecular complexity index is 1200. The Hall–Kier alpha value is -2.46. The van der Waals surface area contributed by atoms with E-state index in [4.69, 9.17) is 4.74 Å². The molecule has 0 spiro atoms. The maximum absolute atomic E-state index is 12.6. The van der Waals surface area contributed by atoms with Crippen LogP contribution in [0.25, 0.3) is 10.2 Å². The molecule has 0 radical (unpaired) electrons. The number of benzene rings is 1. The van der Waals surface area contributed by atoms with Crippen LogP contribution in [-0.2, 0) is 26.0 Å². The fraction of sp³-hybridized carbons (Fsp3) is 0.522. The Morgan fingerprint density at radius 1 is 1.27 bits per heavy atom. The number of nitrogens with zero attached hydrogens (tertiary/aromatic N) is 3. The van der Waals surface area contributed by atoms with Gasteiger partial charge >= 0.3 is 0 Å². The first-order valence-electron chi connectivity index (χ1n) is 11.2. The molecule has 1 atom stereocenters. The quantitative estimate of drug-likeness (QED) is 0.500. The van der Waals surface area contributed by atoms with Gasteiger partial charge in [0.05, 0.1) is 16.8 Å². The molecule has 0 aliphatic carbocycles. The highest BCUT2D eigenvalue weighted by Gasteiger charge is 2.29. The highest BCUT2D eigenvalue weighted by molar-refractivity contribution is 7.92. The number of hydrogen-bond acceptors (Lipinski definition) is 6. The second kappa shape index (κ2) is 11.1. The number of piperidine rings is 1. The molecular formula is C23H31N3O5S2. The molecule has 0 saturated carbocycles. The maximum atomic E-state index is 12.6. The standard InChI is InChI=1S/C23H31N3O5S2/c1-4-12-26-19-11-10-18(31-6-3)14-20(19)32-23(26)24-21(27)15-33(29,30)16-22(28)25-13-8-7-9-17(25)5-2/h4,10-11,14,17H,1,5-9,12-13,15-16H2,2-3H3. The van der Waals surface area contributed by atoms with Crippen molar-refractivity contribution in [1.82, 2.24) is 9.47 Å². The van der Waals surface area contributed by atoms with Crippen LogP contribution >= 0.6 is 11.3 Å². The lowest BCUT2D eigenvalue weighted by atomic mass is 10.0. The van der Waals surface area contributed by atoms with Gasteiger partial charge in [0.25, 0.3) is 5.91 Å². The first-order chi connectivity index (χ1) is 15.8. The summed E-state index contributed by atoms with van der Waals surface area (Å²) in [6, 6.07) is 5.65. The SMILES string of the molecule is C=CCn1c(=NC(=O)CS(=O)(=O)CC(=O)N2CCCCC2CC)sc2cc(OCC)ccc21. The van der Waals surface area contributed by atoms with Crippen molar-refractivity contribution in [3.05, 3.63) is 35.7 Å². The van der Waals surface area contributed by atoms with Crippen molar-refractivity contribution in [2.24, 2.45) is 4.99 Å². The number of ether oxygens (including phenoxy) is 1. The van der Waals surface area contributed by atoms with Gasteiger partial charge in [-0.25, -0.2) is 8.42 Å². The number of sulfone groups is 1. The van der Waals surface area contributed by atoms with Crippen molar-refractivity contribution in [3.63, 3.8) is 0 Å². The second-order valence-electron chi connectivity index (χ2n) is 8.03. The van der Waals surface area contributed by atoms with Crippen molar-refractivity contribution >= 4 is 43.2 Å². The van der Waals surface area contributed by atoms with Crippen molar-refractivity contribution < 1.29 is 22.7 Å². The molecule has 1 aliphatic rings. The van der Waals surface area contributed by atoms with Gasteiger partial charge < -0.3 is 14.2 Å². The Kier molecular flexibility index (Phi) is 8.47. The molecule has 0 bridgehead atoms. The van der Waals surface area contributed by atoms with E-state index in [-0.39, 0.29) is 6.04 Å². The van der Waals surface area contributed by atoms with Crippen LogP contribution in [0.15, 0.2) is 35.8 Å². The highest BCUT2D eigenvalue weighted by Crippen LogP contribution is 2.24. The Labute approximate surface area is 198 Å². The van der Waals surface area contributed by atoms with Gasteiger partial charge in [-0.2, -0.15) is 4.99 Å². The average molecular weight is 494 g/mol. The van der Waals surface area contributed by atoms with E-state index >= 15 is 0 Å². The van der Waals surface area contributed by atoms with Gasteiger partial charge in [-0.05, 0) is 50.8 Å². The molecule has 1 aromatic carbocycles. The minimum absolute atomic E-state index is 0.0693. The van der Waals surface area contributed by atoms with Crippen molar-refractivity contribution in [2.45, 2.75) is 52.1 Å². The van der Waals surface area contributed by atoms with E-state index in [2.05, 4.69) is 11.6 Å². The van der Waals surface area contributed by atoms with Gasteiger partial charge in [0, 0.05) is 19.1 Å². The summed E-state index contributed by atoms with van der Waals surface area (Å²) in [5.74, 6) is -1.97. The number of hydrogen-bond donors (Lipinski definition) is 0. The zero-order valence-electron chi connectivity index (χ0n) is 19.2. The summed E-state index contributed by atoms with van der Waals surface area (Å²) in [6.07, 6.45) is 5.27. The molecule has 1 aliphatic heterocycles. The van der Waals surface area contributed by atoms with Crippen LogP contribution in [-0.4, -0.2) is 60.4 Å². The molecule has 2 aromatic rings. The molecule has 0 N–H and O–H groups in total. The summed E-state index contributed by atoms with van der Waals surface area (Å²) in [5, 5.41) is 0. The van der Waals surface area contributed by atoms with E-state index in [1.165, 1.54) is 11.3 Å². The Morgan fingerprint density at radius 3 is 2.76 bits per heavy atom. The van der Waals surface area contributed by atoms with Gasteiger partial charge in [0.1, 0.15) is 17.3 Å². The summed E-state index contributed by atoms with van der Waals surface area (Å²) in [7, 11) is -3.93. The lowest BCUT2D eigenvalue weighted by Crippen LogP contribution is -2.46. The molecule has 3 rings (SSSR count). The number of fused-ring (bicyclic) bond motifs is 1. The third kappa shape index (κ3) is 6.32. The third-order valence-corrected chi connectivity index (χ3v) is 8.02. The number of aromatic nitrogens is 1. The van der Waals surface area contributed by atoms with Crippen LogP contribution in [0.3, 0.4) is 0 Å². The first kappa shape index (κ1) is 25.2. The van der Waals surface area contributed by atoms with Crippen molar-refractivity contribution in [2.75, 3.05) is 24.7 Å². The van der Waals surface area contributed by atoms with Gasteiger partial charge in [-0.3, -0.25) is 9.59 Å². The number of carbonyl (C=O) groups excluding carboxylic acids is 2. The van der Waals surface area contributed by atoms with Crippen LogP contribution in [0, 0.1) is 0 Å². The van der Waals surface area contributed by atoms with E-state index in [0.717, 1.165) is 35.9 Å². The summed E-state index contributed by atoms with van der Waals surface area (Å²) in [6.45, 7) is 9.16. The van der Waals surface area contributed by atoms with Crippen LogP contribution in [0.5, 0.6) is 5.75 Å². The number of carbonyl (C=O) groups is 2. The number of amides is 2. The maximum Gasteiger partial charge on any atom is 0.263 e. The molecule has 1 fully saturated rings. The van der Waals surface area contributed by atoms with E-state index in [0.29, 0.717) is 30.2 Å². The van der Waals surface area contributed by atoms with E-state index in [1.807, 2.05) is 32.0 Å². The largest absolute Gasteiger partial charge is 0.494 e. The van der Waals surface area contributed by atoms with Gasteiger partial charge in [0.15, 0.2) is 14.6 Å². The number of likely N-dealkylation sites (tertiary alicyclic amines) is 1. The van der Waals surface area contributed by atoms with E-state index < -0.39 is 33.2 Å². The van der Waals surface area contributed by atoms with Gasteiger partial charge in [-0.15, -0.1) is 6.58 Å². The Morgan fingerprint density at radius 2 is 2.06 bits per heavy atom. The molecule has 2 heterocycles. The Balaban J connectivity index is 1.80. The van der Waals surface area contributed by atoms with Gasteiger partial charge in [0.2, 0.25) is 5.91 Å². The smallest absolute Gasteiger partial charge is 0.263 e. The molecular weight excluding hydrogens is 462 g/mol. The fourth-order valence-corrected chi connectivity index (χ4v) is 6.27. The van der Waals surface area contributed by atoms with Crippen LogP contribution in [0.4, 0.5) is 0 Å². The van der Waals surface area contributed by atoms with E-state index in [9.17, 15) is 18.0 Å². The van der Waals surface area contributed by atoms with Crippen LogP contribution in [0.1, 0.15) is 39.5 Å². The molecule has 10 heteroatoms. The molecule has 1 unspecified atom stereocenters. The minimum atomic E-state index is -3.93. The zero-order chi connectivity index (χ0) is 24.0. The number of thiazole rings is 1. The fourth-order valence-electron chi connectivity index (χ4n) is 4.10. The molecule has 2 amide bonds. The van der Waals surface area contributed by atoms with Crippen LogP contribution < -0.4 is 9.54 Å². The lowest BCUT2D eigenvalue weighted by molar-refractivity contribution is -0.132. The molecule has 33 heavy (non-hydrogen) atoms. The van der Waals surface area contributed by atoms with Crippen LogP contribution in [0.2, 0.25) is 0 Å². The van der Waals surface area contributed by atoms with Crippen molar-refractivity contribution in [1.29, 1.82) is 0 Å². The van der Waals surface area contributed by atoms with E-state index in [1.54, 1.807) is 15.5 Å². The van der Waals surface area contributed by atoms with Gasteiger partial charge in [-0.1, -0.05) is 24.3 Å². The topological polar surface area (TPSA) is 98.0 Å². The summed E-state index contributed by atoms with van der Waals surface area (Å²) < 4.78 is 33.4. The predicted octanol–water partition coefficient (Wildman–Crippen LogP) is 2.92. The molecule has 1 saturated heterocycles. The normalized spacial score (nSPS) is 17.3. The minimum Gasteiger partial charge on any atom is -0.494 e. The second-order valence-corrected chi connectivity index (χ2v) is 11.1. The monoisotopic (exact) mass is 493 g/mol. The zero-order valence-corrected chi connectivity index (χ0v) is 20.8. The summed E-state index contributed by atoms with van der Waals surface area (Å²) in [4.78, 5) is 31.3. The molecule has 8 nitrogen and oxygen atoms in total. The summed E-state index contributed by atoms with van der Waals surface area (Å²) in [5.41, 5.74) is 0.851. The number of rotatable bonds is 9. The highest BCUT2D eigenvalue weighted by atomic mass is 32.2. The summed E-state index contributed by atoms with van der Waals surface area (Å²) >= 11 is 1.28. The predicted molar refractivity (Wildman–Crippen MR) is 130 cm³/mol. The number of allylic oxidation sites excluding steroid dienone is 1. The molecule has 1 aromatic heterocycles.